The van der Waals surface area contributed by atoms with Crippen LogP contribution in [0.2, 0.25) is 0 Å². The summed E-state index contributed by atoms with van der Waals surface area (Å²) in [6, 6.07) is 0. The van der Waals surface area contributed by atoms with Gasteiger partial charge >= 0.3 is 0 Å². The molecule has 0 spiro atoms. The predicted octanol–water partition coefficient (Wildman–Crippen LogP) is 0.0894. The summed E-state index contributed by atoms with van der Waals surface area (Å²) >= 11 is 0. The average molecular weight is 186 g/mol. The zero-order chi connectivity index (χ0) is 9.47. The highest BCUT2D eigenvalue weighted by molar-refractivity contribution is 5.81. The van der Waals surface area contributed by atoms with Crippen LogP contribution in [0.1, 0.15) is 19.8 Å². The fraction of sp³-hybridized carbons (Fsp3) is 0.889. The zero-order valence-electron chi connectivity index (χ0n) is 7.66. The van der Waals surface area contributed by atoms with Gasteiger partial charge in [0, 0.05) is 18.8 Å². The number of rotatable bonds is 1. The predicted molar refractivity (Wildman–Crippen MR) is 44.0 cm³/mol. The fourth-order valence-electron chi connectivity index (χ4n) is 2.12. The van der Waals surface area contributed by atoms with E-state index in [0.29, 0.717) is 19.6 Å². The summed E-state index contributed by atoms with van der Waals surface area (Å²) in [6.07, 6.45) is 0.0144. The Bertz CT molecular complexity index is 220. The summed E-state index contributed by atoms with van der Waals surface area (Å²) in [5, 5.41) is 9.60. The van der Waals surface area contributed by atoms with Crippen molar-refractivity contribution in [3.05, 3.63) is 0 Å². The van der Waals surface area contributed by atoms with E-state index in [0.717, 1.165) is 0 Å². The highest BCUT2D eigenvalue weighted by atomic mass is 16.7. The molecule has 74 valence electrons. The SMILES string of the molecule is CC1([C@@H]2CC(=O)C[C@H]2O)OCCO1. The van der Waals surface area contributed by atoms with Gasteiger partial charge in [0.1, 0.15) is 5.78 Å². The average Bonchev–Trinajstić information content (AvgIpc) is 2.59. The van der Waals surface area contributed by atoms with Gasteiger partial charge in [0.25, 0.3) is 0 Å². The highest BCUT2D eigenvalue weighted by Crippen LogP contribution is 2.37. The Balaban J connectivity index is 2.11. The molecule has 2 aliphatic rings. The van der Waals surface area contributed by atoms with Crippen molar-refractivity contribution in [3.8, 4) is 0 Å². The largest absolute Gasteiger partial charge is 0.392 e. The molecule has 2 fully saturated rings. The Hall–Kier alpha value is -0.450. The normalized spacial score (nSPS) is 38.5. The van der Waals surface area contributed by atoms with Crippen LogP contribution in [0.5, 0.6) is 0 Å². The molecule has 0 radical (unpaired) electrons. The first kappa shape index (κ1) is 9.12. The van der Waals surface area contributed by atoms with Crippen LogP contribution in [0.25, 0.3) is 0 Å². The molecule has 0 unspecified atom stereocenters. The first-order valence-corrected chi connectivity index (χ1v) is 4.59. The fourth-order valence-corrected chi connectivity index (χ4v) is 2.12. The van der Waals surface area contributed by atoms with E-state index >= 15 is 0 Å². The van der Waals surface area contributed by atoms with E-state index in [1.807, 2.05) is 0 Å². The van der Waals surface area contributed by atoms with Crippen molar-refractivity contribution in [2.45, 2.75) is 31.7 Å². The maximum absolute atomic E-state index is 11.1. The third-order valence-electron chi connectivity index (χ3n) is 2.88. The molecule has 0 bridgehead atoms. The van der Waals surface area contributed by atoms with E-state index in [-0.39, 0.29) is 18.1 Å². The summed E-state index contributed by atoms with van der Waals surface area (Å²) in [7, 11) is 0. The molecule has 1 heterocycles. The molecule has 1 saturated heterocycles. The summed E-state index contributed by atoms with van der Waals surface area (Å²) < 4.78 is 10.8. The molecule has 0 aromatic rings. The second-order valence-electron chi connectivity index (χ2n) is 3.83. The Labute approximate surface area is 76.8 Å². The first-order chi connectivity index (χ1) is 6.12. The maximum atomic E-state index is 11.1. The third kappa shape index (κ3) is 1.49. The lowest BCUT2D eigenvalue weighted by Crippen LogP contribution is -2.40. The maximum Gasteiger partial charge on any atom is 0.171 e. The Morgan fingerprint density at radius 1 is 1.38 bits per heavy atom. The van der Waals surface area contributed by atoms with Crippen molar-refractivity contribution < 1.29 is 19.4 Å². The summed E-state index contributed by atoms with van der Waals surface area (Å²) in [6.45, 7) is 2.90. The molecule has 2 atom stereocenters. The summed E-state index contributed by atoms with van der Waals surface area (Å²) in [4.78, 5) is 11.1. The lowest BCUT2D eigenvalue weighted by Gasteiger charge is -2.30. The van der Waals surface area contributed by atoms with Crippen molar-refractivity contribution in [2.75, 3.05) is 13.2 Å². The molecule has 0 aromatic heterocycles. The molecule has 13 heavy (non-hydrogen) atoms. The second-order valence-corrected chi connectivity index (χ2v) is 3.83. The molecule has 0 amide bonds. The van der Waals surface area contributed by atoms with Gasteiger partial charge < -0.3 is 14.6 Å². The molecule has 0 aromatic carbocycles. The minimum absolute atomic E-state index is 0.0952. The zero-order valence-corrected chi connectivity index (χ0v) is 7.66. The van der Waals surface area contributed by atoms with E-state index < -0.39 is 11.9 Å². The van der Waals surface area contributed by atoms with Crippen LogP contribution in [0.15, 0.2) is 0 Å². The third-order valence-corrected chi connectivity index (χ3v) is 2.88. The number of ether oxygens (including phenoxy) is 2. The number of Topliss-reactive ketones (excluding diaryl/α,β-unsaturated/α-hetero) is 1. The van der Waals surface area contributed by atoms with Crippen LogP contribution in [0.3, 0.4) is 0 Å². The minimum atomic E-state index is -0.744. The van der Waals surface area contributed by atoms with Crippen LogP contribution >= 0.6 is 0 Å². The molecular weight excluding hydrogens is 172 g/mol. The first-order valence-electron chi connectivity index (χ1n) is 4.59. The smallest absolute Gasteiger partial charge is 0.171 e. The Morgan fingerprint density at radius 2 is 2.00 bits per heavy atom. The van der Waals surface area contributed by atoms with Gasteiger partial charge in [-0.3, -0.25) is 4.79 Å². The van der Waals surface area contributed by atoms with Crippen LogP contribution in [-0.2, 0) is 14.3 Å². The molecule has 1 aliphatic carbocycles. The van der Waals surface area contributed by atoms with E-state index in [9.17, 15) is 9.90 Å². The molecule has 2 rings (SSSR count). The lowest BCUT2D eigenvalue weighted by atomic mass is 9.96. The number of ketones is 1. The highest BCUT2D eigenvalue weighted by Gasteiger charge is 2.48. The molecule has 1 saturated carbocycles. The van der Waals surface area contributed by atoms with E-state index in [1.165, 1.54) is 0 Å². The van der Waals surface area contributed by atoms with E-state index in [1.54, 1.807) is 6.92 Å². The molecule has 4 heteroatoms. The topological polar surface area (TPSA) is 55.8 Å². The number of carbonyl (C=O) groups excluding carboxylic acids is 1. The van der Waals surface area contributed by atoms with Crippen LogP contribution in [0.4, 0.5) is 0 Å². The van der Waals surface area contributed by atoms with E-state index in [4.69, 9.17) is 9.47 Å². The van der Waals surface area contributed by atoms with Crippen LogP contribution < -0.4 is 0 Å². The lowest BCUT2D eigenvalue weighted by molar-refractivity contribution is -0.197. The number of aliphatic hydroxyl groups is 1. The minimum Gasteiger partial charge on any atom is -0.392 e. The number of hydrogen-bond acceptors (Lipinski definition) is 4. The number of aliphatic hydroxyl groups excluding tert-OH is 1. The van der Waals surface area contributed by atoms with Crippen molar-refractivity contribution in [2.24, 2.45) is 5.92 Å². The Kier molecular flexibility index (Phi) is 2.14. The van der Waals surface area contributed by atoms with Crippen LogP contribution in [0, 0.1) is 5.92 Å². The van der Waals surface area contributed by atoms with Gasteiger partial charge in [0.2, 0.25) is 0 Å². The van der Waals surface area contributed by atoms with Crippen molar-refractivity contribution in [3.63, 3.8) is 0 Å². The van der Waals surface area contributed by atoms with E-state index in [2.05, 4.69) is 0 Å². The standard InChI is InChI=1S/C9H14O4/c1-9(12-2-3-13-9)7-4-6(10)5-8(7)11/h7-8,11H,2-5H2,1H3/t7-,8-/m1/s1. The molecule has 4 nitrogen and oxygen atoms in total. The number of carbonyl (C=O) groups is 1. The molecule has 1 N–H and O–H groups in total. The van der Waals surface area contributed by atoms with Crippen molar-refractivity contribution in [1.82, 2.24) is 0 Å². The van der Waals surface area contributed by atoms with Gasteiger partial charge in [-0.25, -0.2) is 0 Å². The van der Waals surface area contributed by atoms with Gasteiger partial charge in [-0.05, 0) is 6.92 Å². The van der Waals surface area contributed by atoms with Gasteiger partial charge in [-0.2, -0.15) is 0 Å². The van der Waals surface area contributed by atoms with Gasteiger partial charge in [0.05, 0.1) is 19.3 Å². The van der Waals surface area contributed by atoms with Crippen molar-refractivity contribution >= 4 is 5.78 Å². The van der Waals surface area contributed by atoms with Gasteiger partial charge in [0.15, 0.2) is 5.79 Å². The van der Waals surface area contributed by atoms with Crippen molar-refractivity contribution in [1.29, 1.82) is 0 Å². The summed E-state index contributed by atoms with van der Waals surface area (Å²) in [5.41, 5.74) is 0. The Morgan fingerprint density at radius 3 is 2.46 bits per heavy atom. The monoisotopic (exact) mass is 186 g/mol. The quantitative estimate of drug-likeness (QED) is 0.630. The van der Waals surface area contributed by atoms with Gasteiger partial charge in [-0.15, -0.1) is 0 Å². The van der Waals surface area contributed by atoms with Crippen LogP contribution in [-0.4, -0.2) is 36.0 Å². The molecule has 1 aliphatic heterocycles. The molecular formula is C9H14O4. The van der Waals surface area contributed by atoms with Gasteiger partial charge in [-0.1, -0.05) is 0 Å². The summed E-state index contributed by atoms with van der Waals surface area (Å²) in [5.74, 6) is -0.841. The number of hydrogen-bond donors (Lipinski definition) is 1. The second kappa shape index (κ2) is 3.04.